The lowest BCUT2D eigenvalue weighted by atomic mass is 9.93. The lowest BCUT2D eigenvalue weighted by Crippen LogP contribution is -2.16. The second kappa shape index (κ2) is 4.96. The van der Waals surface area contributed by atoms with Crippen LogP contribution in [0.3, 0.4) is 0 Å². The van der Waals surface area contributed by atoms with Gasteiger partial charge in [-0.05, 0) is 25.0 Å². The van der Waals surface area contributed by atoms with Gasteiger partial charge in [-0.25, -0.2) is 0 Å². The van der Waals surface area contributed by atoms with Crippen LogP contribution in [-0.4, -0.2) is 4.92 Å². The van der Waals surface area contributed by atoms with E-state index in [4.69, 9.17) is 4.42 Å². The molecule has 0 spiro atoms. The van der Waals surface area contributed by atoms with E-state index in [0.29, 0.717) is 5.69 Å². The van der Waals surface area contributed by atoms with Crippen molar-refractivity contribution in [2.24, 2.45) is 0 Å². The van der Waals surface area contributed by atoms with Gasteiger partial charge in [0.25, 0.3) is 0 Å². The van der Waals surface area contributed by atoms with Crippen LogP contribution in [0.2, 0.25) is 0 Å². The summed E-state index contributed by atoms with van der Waals surface area (Å²) >= 11 is 0. The summed E-state index contributed by atoms with van der Waals surface area (Å²) in [7, 11) is 0. The minimum atomic E-state index is -0.830. The molecule has 1 heterocycles. The fraction of sp³-hybridized carbons (Fsp3) is 0.286. The molecule has 1 aliphatic rings. The van der Waals surface area contributed by atoms with E-state index in [1.54, 1.807) is 6.26 Å². The molecule has 1 aromatic carbocycles. The van der Waals surface area contributed by atoms with Crippen molar-refractivity contribution < 1.29 is 13.7 Å². The number of anilines is 1. The number of nitrogens with zero attached hydrogens (tertiary/aromatic N) is 1. The van der Waals surface area contributed by atoms with E-state index < -0.39 is 16.4 Å². The molecule has 0 saturated heterocycles. The molecule has 0 aliphatic heterocycles. The number of fused-ring (bicyclic) bond motifs is 1. The molecule has 0 saturated carbocycles. The SMILES string of the molecule is O=[N+]([O-])c1ccc(NC2CCCc3occc32)cc1F. The predicted octanol–water partition coefficient (Wildman–Crippen LogP) is 3.82. The Morgan fingerprint density at radius 3 is 3.00 bits per heavy atom. The zero-order valence-electron chi connectivity index (χ0n) is 10.6. The van der Waals surface area contributed by atoms with Crippen molar-refractivity contribution in [1.29, 1.82) is 0 Å². The van der Waals surface area contributed by atoms with Crippen molar-refractivity contribution in [2.75, 3.05) is 5.32 Å². The van der Waals surface area contributed by atoms with Gasteiger partial charge in [-0.15, -0.1) is 0 Å². The number of halogens is 1. The molecule has 1 unspecified atom stereocenters. The summed E-state index contributed by atoms with van der Waals surface area (Å²) in [5, 5.41) is 13.8. The van der Waals surface area contributed by atoms with Crippen LogP contribution in [0.25, 0.3) is 0 Å². The molecule has 0 radical (unpaired) electrons. The molecule has 0 fully saturated rings. The second-order valence-corrected chi connectivity index (χ2v) is 4.81. The Kier molecular flexibility index (Phi) is 3.14. The summed E-state index contributed by atoms with van der Waals surface area (Å²) < 4.78 is 19.0. The van der Waals surface area contributed by atoms with Gasteiger partial charge in [-0.2, -0.15) is 4.39 Å². The Labute approximate surface area is 114 Å². The number of hydrogen-bond donors (Lipinski definition) is 1. The van der Waals surface area contributed by atoms with Gasteiger partial charge in [0.05, 0.1) is 17.2 Å². The van der Waals surface area contributed by atoms with Crippen molar-refractivity contribution in [3.05, 3.63) is 57.8 Å². The van der Waals surface area contributed by atoms with Crippen LogP contribution in [0.5, 0.6) is 0 Å². The van der Waals surface area contributed by atoms with Gasteiger partial charge in [0, 0.05) is 29.8 Å². The minimum Gasteiger partial charge on any atom is -0.469 e. The molecule has 1 aliphatic carbocycles. The van der Waals surface area contributed by atoms with E-state index in [-0.39, 0.29) is 6.04 Å². The summed E-state index contributed by atoms with van der Waals surface area (Å²) in [6.45, 7) is 0. The zero-order valence-corrected chi connectivity index (χ0v) is 10.6. The summed E-state index contributed by atoms with van der Waals surface area (Å²) in [6.07, 6.45) is 4.48. The predicted molar refractivity (Wildman–Crippen MR) is 71.1 cm³/mol. The van der Waals surface area contributed by atoms with Crippen molar-refractivity contribution in [1.82, 2.24) is 0 Å². The first-order valence-electron chi connectivity index (χ1n) is 6.42. The molecule has 3 rings (SSSR count). The topological polar surface area (TPSA) is 68.3 Å². The van der Waals surface area contributed by atoms with E-state index in [1.165, 1.54) is 12.1 Å². The highest BCUT2D eigenvalue weighted by molar-refractivity contribution is 5.51. The molecule has 0 amide bonds. The molecule has 2 aromatic rings. The third-order valence-corrected chi connectivity index (χ3v) is 3.54. The van der Waals surface area contributed by atoms with Crippen molar-refractivity contribution in [3.8, 4) is 0 Å². The van der Waals surface area contributed by atoms with E-state index >= 15 is 0 Å². The van der Waals surface area contributed by atoms with E-state index in [9.17, 15) is 14.5 Å². The highest BCUT2D eigenvalue weighted by Gasteiger charge is 2.23. The number of benzene rings is 1. The Morgan fingerprint density at radius 1 is 1.40 bits per heavy atom. The third kappa shape index (κ3) is 2.24. The zero-order chi connectivity index (χ0) is 14.1. The molecule has 104 valence electrons. The second-order valence-electron chi connectivity index (χ2n) is 4.81. The molecule has 0 bridgehead atoms. The largest absolute Gasteiger partial charge is 0.469 e. The van der Waals surface area contributed by atoms with Crippen LogP contribution in [0.4, 0.5) is 15.8 Å². The molecule has 1 N–H and O–H groups in total. The summed E-state index contributed by atoms with van der Waals surface area (Å²) in [6, 6.07) is 5.82. The number of nitro groups is 1. The number of hydrogen-bond acceptors (Lipinski definition) is 4. The minimum absolute atomic E-state index is 0.0540. The quantitative estimate of drug-likeness (QED) is 0.683. The normalized spacial score (nSPS) is 17.6. The molecule has 5 nitrogen and oxygen atoms in total. The molecule has 1 aromatic heterocycles. The Hall–Kier alpha value is -2.37. The van der Waals surface area contributed by atoms with E-state index in [2.05, 4.69) is 5.32 Å². The van der Waals surface area contributed by atoms with Crippen molar-refractivity contribution in [2.45, 2.75) is 25.3 Å². The monoisotopic (exact) mass is 276 g/mol. The number of nitrogens with one attached hydrogen (secondary N) is 1. The van der Waals surface area contributed by atoms with Crippen LogP contribution in [-0.2, 0) is 6.42 Å². The average Bonchev–Trinajstić information content (AvgIpc) is 2.87. The van der Waals surface area contributed by atoms with Crippen LogP contribution in [0.1, 0.15) is 30.2 Å². The van der Waals surface area contributed by atoms with Gasteiger partial charge in [0.2, 0.25) is 5.82 Å². The van der Waals surface area contributed by atoms with Gasteiger partial charge in [0.1, 0.15) is 5.76 Å². The fourth-order valence-corrected chi connectivity index (χ4v) is 2.58. The summed E-state index contributed by atoms with van der Waals surface area (Å²) in [4.78, 5) is 9.86. The Morgan fingerprint density at radius 2 is 2.25 bits per heavy atom. The molecule has 1 atom stereocenters. The van der Waals surface area contributed by atoms with Gasteiger partial charge in [-0.1, -0.05) is 0 Å². The molecular weight excluding hydrogens is 263 g/mol. The first kappa shape index (κ1) is 12.7. The summed E-state index contributed by atoms with van der Waals surface area (Å²) in [5.74, 6) is 0.124. The van der Waals surface area contributed by atoms with Gasteiger partial charge in [-0.3, -0.25) is 10.1 Å². The maximum absolute atomic E-state index is 13.6. The van der Waals surface area contributed by atoms with Crippen molar-refractivity contribution in [3.63, 3.8) is 0 Å². The van der Waals surface area contributed by atoms with Crippen LogP contribution >= 0.6 is 0 Å². The highest BCUT2D eigenvalue weighted by atomic mass is 19.1. The fourth-order valence-electron chi connectivity index (χ4n) is 2.58. The first-order valence-corrected chi connectivity index (χ1v) is 6.42. The highest BCUT2D eigenvalue weighted by Crippen LogP contribution is 2.33. The lowest BCUT2D eigenvalue weighted by Gasteiger charge is -2.23. The maximum Gasteiger partial charge on any atom is 0.304 e. The van der Waals surface area contributed by atoms with Gasteiger partial charge >= 0.3 is 5.69 Å². The van der Waals surface area contributed by atoms with E-state index in [0.717, 1.165) is 36.7 Å². The van der Waals surface area contributed by atoms with Crippen molar-refractivity contribution >= 4 is 11.4 Å². The summed E-state index contributed by atoms with van der Waals surface area (Å²) in [5.41, 5.74) is 1.10. The average molecular weight is 276 g/mol. The van der Waals surface area contributed by atoms with Crippen LogP contribution < -0.4 is 5.32 Å². The Balaban J connectivity index is 1.83. The standard InChI is InChI=1S/C14H13FN2O3/c15-11-8-9(4-5-13(11)17(18)19)16-12-2-1-3-14-10(12)6-7-20-14/h4-8,12,16H,1-3H2. The first-order chi connectivity index (χ1) is 9.65. The van der Waals surface area contributed by atoms with Crippen LogP contribution in [0, 0.1) is 15.9 Å². The Bertz CT molecular complexity index is 654. The number of rotatable bonds is 3. The number of furan rings is 1. The molecular formula is C14H13FN2O3. The van der Waals surface area contributed by atoms with Gasteiger partial charge in [0.15, 0.2) is 0 Å². The smallest absolute Gasteiger partial charge is 0.304 e. The number of aryl methyl sites for hydroxylation is 1. The van der Waals surface area contributed by atoms with Crippen LogP contribution in [0.15, 0.2) is 34.9 Å². The lowest BCUT2D eigenvalue weighted by molar-refractivity contribution is -0.387. The van der Waals surface area contributed by atoms with E-state index in [1.807, 2.05) is 6.07 Å². The third-order valence-electron chi connectivity index (χ3n) is 3.54. The number of nitro benzene ring substituents is 1. The molecule has 20 heavy (non-hydrogen) atoms. The maximum atomic E-state index is 13.6. The molecule has 6 heteroatoms. The van der Waals surface area contributed by atoms with Gasteiger partial charge < -0.3 is 9.73 Å².